The summed E-state index contributed by atoms with van der Waals surface area (Å²) in [6.45, 7) is 3.27. The van der Waals surface area contributed by atoms with Gasteiger partial charge in [0, 0.05) is 37.3 Å². The van der Waals surface area contributed by atoms with Crippen molar-refractivity contribution in [2.75, 3.05) is 31.1 Å². The zero-order valence-corrected chi connectivity index (χ0v) is 16.9. The van der Waals surface area contributed by atoms with Crippen LogP contribution in [-0.4, -0.2) is 46.0 Å². The zero-order valence-electron chi connectivity index (χ0n) is 16.1. The number of pyridine rings is 1. The number of piperazine rings is 1. The first-order valence-electron chi connectivity index (χ1n) is 9.92. The maximum absolute atomic E-state index is 12.7. The van der Waals surface area contributed by atoms with Crippen LogP contribution >= 0.6 is 11.3 Å². The van der Waals surface area contributed by atoms with Gasteiger partial charge in [0.15, 0.2) is 0 Å². The molecule has 3 aromatic heterocycles. The highest BCUT2D eigenvalue weighted by Gasteiger charge is 2.31. The average Bonchev–Trinajstić information content (AvgIpc) is 3.29. The zero-order chi connectivity index (χ0) is 20.9. The van der Waals surface area contributed by atoms with E-state index in [9.17, 15) is 18.0 Å². The first-order chi connectivity index (χ1) is 14.4. The molecule has 0 atom stereocenters. The minimum absolute atomic E-state index is 0.0537. The number of anilines is 1. The molecule has 1 aliphatic heterocycles. The summed E-state index contributed by atoms with van der Waals surface area (Å²) in [7, 11) is 0. The highest BCUT2D eigenvalue weighted by molar-refractivity contribution is 7.18. The third-order valence-corrected chi connectivity index (χ3v) is 6.95. The van der Waals surface area contributed by atoms with Crippen molar-refractivity contribution in [2.45, 2.75) is 32.0 Å². The molecule has 1 fully saturated rings. The number of hydrogen-bond donors (Lipinski definition) is 1. The number of rotatable bonds is 3. The normalized spacial score (nSPS) is 17.6. The molecule has 158 valence electrons. The summed E-state index contributed by atoms with van der Waals surface area (Å²) in [5.74, 6) is 1.21. The molecule has 1 aliphatic carbocycles. The fourth-order valence-corrected chi connectivity index (χ4v) is 5.49. The first-order valence-corrected chi connectivity index (χ1v) is 10.7. The number of fused-ring (bicyclic) bond motifs is 3. The predicted molar refractivity (Wildman–Crippen MR) is 109 cm³/mol. The Morgan fingerprint density at radius 2 is 1.93 bits per heavy atom. The fourth-order valence-electron chi connectivity index (χ4n) is 4.21. The van der Waals surface area contributed by atoms with Gasteiger partial charge in [0.2, 0.25) is 0 Å². The second-order valence-corrected chi connectivity index (χ2v) is 8.80. The maximum Gasteiger partial charge on any atom is 0.417 e. The number of nitrogens with one attached hydrogen (secondary N) is 1. The number of hydrogen-bond acceptors (Lipinski definition) is 6. The number of aryl methyl sites for hydroxylation is 2. The van der Waals surface area contributed by atoms with Crippen LogP contribution in [0, 0.1) is 0 Å². The molecule has 0 aromatic carbocycles. The van der Waals surface area contributed by atoms with Gasteiger partial charge in [0.1, 0.15) is 16.5 Å². The maximum atomic E-state index is 12.7. The van der Waals surface area contributed by atoms with Gasteiger partial charge in [-0.3, -0.25) is 9.69 Å². The molecule has 5 rings (SSSR count). The van der Waals surface area contributed by atoms with Crippen LogP contribution in [0.3, 0.4) is 0 Å². The molecule has 1 N–H and O–H groups in total. The number of aromatic amines is 1. The number of alkyl halides is 3. The molecule has 6 nitrogen and oxygen atoms in total. The first kappa shape index (κ1) is 19.5. The summed E-state index contributed by atoms with van der Waals surface area (Å²) in [5, 5.41) is 0.759. The van der Waals surface area contributed by atoms with E-state index in [4.69, 9.17) is 4.98 Å². The molecule has 0 unspecified atom stereocenters. The Morgan fingerprint density at radius 1 is 1.13 bits per heavy atom. The van der Waals surface area contributed by atoms with Crippen molar-refractivity contribution in [3.8, 4) is 0 Å². The Hall–Kier alpha value is -2.46. The number of aromatic nitrogens is 3. The molecule has 3 aromatic rings. The third kappa shape index (κ3) is 3.58. The van der Waals surface area contributed by atoms with E-state index < -0.39 is 11.7 Å². The molecule has 4 heterocycles. The van der Waals surface area contributed by atoms with Crippen LogP contribution in [0.15, 0.2) is 23.1 Å². The summed E-state index contributed by atoms with van der Waals surface area (Å²) < 4.78 is 38.1. The van der Waals surface area contributed by atoms with Gasteiger partial charge < -0.3 is 9.88 Å². The summed E-state index contributed by atoms with van der Waals surface area (Å²) in [6, 6.07) is 2.48. The Kier molecular flexibility index (Phi) is 4.78. The van der Waals surface area contributed by atoms with Crippen LogP contribution < -0.4 is 10.5 Å². The smallest absolute Gasteiger partial charge is 0.354 e. The van der Waals surface area contributed by atoms with Crippen LogP contribution in [0.4, 0.5) is 19.0 Å². The van der Waals surface area contributed by atoms with E-state index in [1.54, 1.807) is 11.3 Å². The molecular formula is C20H20F3N5OS. The average molecular weight is 435 g/mol. The van der Waals surface area contributed by atoms with Gasteiger partial charge in [0.25, 0.3) is 5.56 Å². The Morgan fingerprint density at radius 3 is 2.63 bits per heavy atom. The fraction of sp³-hybridized carbons (Fsp3) is 0.450. The molecule has 1 saturated heterocycles. The van der Waals surface area contributed by atoms with Crippen molar-refractivity contribution in [1.82, 2.24) is 19.9 Å². The topological polar surface area (TPSA) is 65.1 Å². The van der Waals surface area contributed by atoms with E-state index in [0.29, 0.717) is 44.4 Å². The van der Waals surface area contributed by atoms with Gasteiger partial charge in [-0.25, -0.2) is 9.97 Å². The van der Waals surface area contributed by atoms with Crippen LogP contribution in [0.5, 0.6) is 0 Å². The molecule has 0 radical (unpaired) electrons. The van der Waals surface area contributed by atoms with Gasteiger partial charge in [-0.05, 0) is 37.0 Å². The molecule has 30 heavy (non-hydrogen) atoms. The van der Waals surface area contributed by atoms with Crippen molar-refractivity contribution < 1.29 is 13.2 Å². The van der Waals surface area contributed by atoms with Crippen molar-refractivity contribution in [2.24, 2.45) is 0 Å². The Labute approximate surface area is 174 Å². The minimum Gasteiger partial charge on any atom is -0.354 e. The van der Waals surface area contributed by atoms with Crippen LogP contribution in [0.1, 0.15) is 28.2 Å². The van der Waals surface area contributed by atoms with Crippen molar-refractivity contribution in [1.29, 1.82) is 0 Å². The van der Waals surface area contributed by atoms with Gasteiger partial charge in [-0.15, -0.1) is 11.3 Å². The summed E-state index contributed by atoms with van der Waals surface area (Å²) >= 11 is 1.63. The summed E-state index contributed by atoms with van der Waals surface area (Å²) in [6.07, 6.45) is -0.400. The van der Waals surface area contributed by atoms with Gasteiger partial charge >= 0.3 is 6.18 Å². The van der Waals surface area contributed by atoms with Gasteiger partial charge in [-0.2, -0.15) is 13.2 Å². The third-order valence-electron chi connectivity index (χ3n) is 5.77. The lowest BCUT2D eigenvalue weighted by Gasteiger charge is -2.35. The second kappa shape index (κ2) is 7.35. The monoisotopic (exact) mass is 435 g/mol. The van der Waals surface area contributed by atoms with E-state index in [-0.39, 0.29) is 5.56 Å². The summed E-state index contributed by atoms with van der Waals surface area (Å²) in [4.78, 5) is 30.5. The number of H-pyrrole nitrogens is 1. The second-order valence-electron chi connectivity index (χ2n) is 7.72. The lowest BCUT2D eigenvalue weighted by atomic mass is 10.2. The van der Waals surface area contributed by atoms with Gasteiger partial charge in [0.05, 0.1) is 17.5 Å². The van der Waals surface area contributed by atoms with E-state index in [0.717, 1.165) is 41.7 Å². The van der Waals surface area contributed by atoms with E-state index in [1.165, 1.54) is 16.5 Å². The molecule has 0 spiro atoms. The lowest BCUT2D eigenvalue weighted by molar-refractivity contribution is -0.137. The number of nitrogens with zero attached hydrogens (tertiary/aromatic N) is 4. The summed E-state index contributed by atoms with van der Waals surface area (Å²) in [5.41, 5.74) is 0.379. The Bertz CT molecular complexity index is 1130. The molecule has 0 saturated carbocycles. The SMILES string of the molecule is O=c1[nH]c(CN2CCN(c3ccc(C(F)(F)F)cn3)CC2)nc2sc3c(c12)CCC3. The molecular weight excluding hydrogens is 415 g/mol. The molecule has 2 aliphatic rings. The van der Waals surface area contributed by atoms with Crippen molar-refractivity contribution in [3.63, 3.8) is 0 Å². The molecule has 0 bridgehead atoms. The van der Waals surface area contributed by atoms with Crippen molar-refractivity contribution >= 4 is 27.4 Å². The largest absolute Gasteiger partial charge is 0.417 e. The molecule has 0 amide bonds. The van der Waals surface area contributed by atoms with E-state index >= 15 is 0 Å². The predicted octanol–water partition coefficient (Wildman–Crippen LogP) is 3.21. The van der Waals surface area contributed by atoms with Crippen LogP contribution in [0.25, 0.3) is 10.2 Å². The standard InChI is InChI=1S/C20H20F3N5OS/c21-20(22,23)12-4-5-16(24-10-12)28-8-6-27(7-9-28)11-15-25-18(29)17-13-2-1-3-14(13)30-19(17)26-15/h4-5,10H,1-3,6-9,11H2,(H,25,26,29). The number of halogens is 3. The lowest BCUT2D eigenvalue weighted by Crippen LogP contribution is -2.46. The highest BCUT2D eigenvalue weighted by Crippen LogP contribution is 2.34. The Balaban J connectivity index is 1.25. The molecule has 10 heteroatoms. The van der Waals surface area contributed by atoms with Crippen LogP contribution in [0.2, 0.25) is 0 Å². The van der Waals surface area contributed by atoms with E-state index in [1.807, 2.05) is 4.90 Å². The quantitative estimate of drug-likeness (QED) is 0.685. The van der Waals surface area contributed by atoms with E-state index in [2.05, 4.69) is 14.9 Å². The van der Waals surface area contributed by atoms with Crippen LogP contribution in [-0.2, 0) is 25.6 Å². The number of thiophene rings is 1. The minimum atomic E-state index is -4.38. The highest BCUT2D eigenvalue weighted by atomic mass is 32.1. The van der Waals surface area contributed by atoms with Crippen molar-refractivity contribution in [3.05, 3.63) is 50.5 Å². The van der Waals surface area contributed by atoms with Gasteiger partial charge in [-0.1, -0.05) is 0 Å².